The van der Waals surface area contributed by atoms with Crippen LogP contribution in [-0.2, 0) is 14.3 Å². The fourth-order valence-electron chi connectivity index (χ4n) is 2.36. The number of rotatable bonds is 5. The van der Waals surface area contributed by atoms with E-state index in [-0.39, 0.29) is 24.4 Å². The van der Waals surface area contributed by atoms with E-state index in [1.165, 1.54) is 13.2 Å². The Bertz CT molecular complexity index is 694. The van der Waals surface area contributed by atoms with Gasteiger partial charge < -0.3 is 19.7 Å². The van der Waals surface area contributed by atoms with Crippen LogP contribution in [-0.4, -0.2) is 43.4 Å². The quantitative estimate of drug-likeness (QED) is 0.496. The van der Waals surface area contributed by atoms with Gasteiger partial charge in [-0.2, -0.15) is 0 Å². The van der Waals surface area contributed by atoms with E-state index in [0.29, 0.717) is 10.8 Å². The lowest BCUT2D eigenvalue weighted by Crippen LogP contribution is -2.46. The molecule has 0 saturated heterocycles. The number of carbonyl (C=O) groups excluding carboxylic acids is 1. The van der Waals surface area contributed by atoms with Crippen LogP contribution in [0.25, 0.3) is 0 Å². The van der Waals surface area contributed by atoms with E-state index < -0.39 is 23.6 Å². The zero-order valence-electron chi connectivity index (χ0n) is 13.6. The van der Waals surface area contributed by atoms with Crippen LogP contribution < -0.4 is 5.32 Å². The van der Waals surface area contributed by atoms with Crippen molar-refractivity contribution in [2.24, 2.45) is 0 Å². The second-order valence-electron chi connectivity index (χ2n) is 5.24. The van der Waals surface area contributed by atoms with Crippen LogP contribution in [0, 0.1) is 11.6 Å². The van der Waals surface area contributed by atoms with E-state index in [0.717, 1.165) is 12.1 Å². The van der Waals surface area contributed by atoms with Gasteiger partial charge in [0.15, 0.2) is 5.11 Å². The number of benzene rings is 1. The first kappa shape index (κ1) is 18.3. The van der Waals surface area contributed by atoms with E-state index >= 15 is 0 Å². The monoisotopic (exact) mass is 356 g/mol. The Morgan fingerprint density at radius 2 is 2.08 bits per heavy atom. The molecule has 0 aromatic heterocycles. The molecule has 0 bridgehead atoms. The average Bonchev–Trinajstić information content (AvgIpc) is 2.52. The summed E-state index contributed by atoms with van der Waals surface area (Å²) in [7, 11) is 3.17. The van der Waals surface area contributed by atoms with Crippen molar-refractivity contribution in [2.45, 2.75) is 13.0 Å². The second-order valence-corrected chi connectivity index (χ2v) is 5.62. The van der Waals surface area contributed by atoms with Gasteiger partial charge in [-0.3, -0.25) is 0 Å². The van der Waals surface area contributed by atoms with Gasteiger partial charge >= 0.3 is 5.97 Å². The summed E-state index contributed by atoms with van der Waals surface area (Å²) in [6.07, 6.45) is 0. The van der Waals surface area contributed by atoms with Gasteiger partial charge in [-0.15, -0.1) is 0 Å². The molecule has 0 fully saturated rings. The number of thiocarbonyl (C=S) groups is 1. The number of nitrogens with zero attached hydrogens (tertiary/aromatic N) is 1. The minimum atomic E-state index is -0.857. The first-order chi connectivity index (χ1) is 11.4. The van der Waals surface area contributed by atoms with Gasteiger partial charge in [0, 0.05) is 31.5 Å². The highest BCUT2D eigenvalue weighted by Gasteiger charge is 2.34. The number of methoxy groups -OCH3 is 1. The van der Waals surface area contributed by atoms with Crippen LogP contribution in [0.5, 0.6) is 0 Å². The van der Waals surface area contributed by atoms with Crippen molar-refractivity contribution < 1.29 is 23.0 Å². The predicted molar refractivity (Wildman–Crippen MR) is 88.1 cm³/mol. The molecule has 0 unspecified atom stereocenters. The highest BCUT2D eigenvalue weighted by atomic mass is 32.1. The number of ether oxygens (including phenoxy) is 2. The van der Waals surface area contributed by atoms with Crippen molar-refractivity contribution in [1.29, 1.82) is 0 Å². The maximum absolute atomic E-state index is 14.2. The molecule has 130 valence electrons. The van der Waals surface area contributed by atoms with Gasteiger partial charge in [0.25, 0.3) is 0 Å². The van der Waals surface area contributed by atoms with Gasteiger partial charge in [0.1, 0.15) is 18.2 Å². The molecule has 0 spiro atoms. The number of carbonyl (C=O) groups is 1. The summed E-state index contributed by atoms with van der Waals surface area (Å²) in [6, 6.07) is 2.32. The minimum Gasteiger partial charge on any atom is -0.460 e. The average molecular weight is 356 g/mol. The number of nitrogens with one attached hydrogen (secondary N) is 1. The third-order valence-corrected chi connectivity index (χ3v) is 4.16. The topological polar surface area (TPSA) is 50.8 Å². The standard InChI is InChI=1S/C16H18F2N2O3S/c1-9-13(15(21)23-7-6-22-3)14(19-16(24)20(9)2)11-5-4-10(17)8-12(11)18/h4-5,8,14H,6-7H2,1-3H3,(H,19,24)/t14-/m0/s1. The van der Waals surface area contributed by atoms with Crippen molar-refractivity contribution >= 4 is 23.3 Å². The molecule has 8 heteroatoms. The van der Waals surface area contributed by atoms with Gasteiger partial charge in [-0.1, -0.05) is 6.07 Å². The molecule has 1 aliphatic heterocycles. The van der Waals surface area contributed by atoms with E-state index in [9.17, 15) is 13.6 Å². The zero-order valence-corrected chi connectivity index (χ0v) is 14.4. The van der Waals surface area contributed by atoms with Crippen LogP contribution in [0.4, 0.5) is 8.78 Å². The molecular weight excluding hydrogens is 338 g/mol. The molecule has 0 radical (unpaired) electrons. The lowest BCUT2D eigenvalue weighted by atomic mass is 9.94. The highest BCUT2D eigenvalue weighted by Crippen LogP contribution is 2.32. The Labute approximate surface area is 144 Å². The Balaban J connectivity index is 2.43. The number of halogens is 2. The fourth-order valence-corrected chi connectivity index (χ4v) is 2.62. The van der Waals surface area contributed by atoms with E-state index in [1.54, 1.807) is 18.9 Å². The fraction of sp³-hybridized carbons (Fsp3) is 0.375. The van der Waals surface area contributed by atoms with E-state index in [2.05, 4.69) is 5.32 Å². The Hall–Kier alpha value is -2.06. The van der Waals surface area contributed by atoms with Gasteiger partial charge in [0.05, 0.1) is 18.2 Å². The molecule has 0 aliphatic carbocycles. The Morgan fingerprint density at radius 3 is 2.71 bits per heavy atom. The number of hydrogen-bond acceptors (Lipinski definition) is 4. The maximum Gasteiger partial charge on any atom is 0.338 e. The van der Waals surface area contributed by atoms with Crippen LogP contribution >= 0.6 is 12.2 Å². The SMILES string of the molecule is COCCOC(=O)C1=C(C)N(C)C(=S)N[C@H]1c1ccc(F)cc1F. The molecule has 1 aromatic carbocycles. The summed E-state index contributed by atoms with van der Waals surface area (Å²) in [4.78, 5) is 14.1. The Morgan fingerprint density at radius 1 is 1.38 bits per heavy atom. The van der Waals surface area contributed by atoms with Crippen molar-refractivity contribution in [1.82, 2.24) is 10.2 Å². The third kappa shape index (κ3) is 3.70. The summed E-state index contributed by atoms with van der Waals surface area (Å²) in [5.41, 5.74) is 0.868. The molecule has 2 rings (SSSR count). The lowest BCUT2D eigenvalue weighted by Gasteiger charge is -2.35. The normalized spacial score (nSPS) is 17.8. The lowest BCUT2D eigenvalue weighted by molar-refractivity contribution is -0.140. The molecule has 1 N–H and O–H groups in total. The largest absolute Gasteiger partial charge is 0.460 e. The van der Waals surface area contributed by atoms with Gasteiger partial charge in [-0.05, 0) is 25.2 Å². The van der Waals surface area contributed by atoms with Crippen molar-refractivity contribution in [3.63, 3.8) is 0 Å². The van der Waals surface area contributed by atoms with Gasteiger partial charge in [0.2, 0.25) is 0 Å². The zero-order chi connectivity index (χ0) is 17.9. The summed E-state index contributed by atoms with van der Waals surface area (Å²) in [5, 5.41) is 3.23. The molecule has 1 heterocycles. The van der Waals surface area contributed by atoms with Gasteiger partial charge in [-0.25, -0.2) is 13.6 Å². The van der Waals surface area contributed by atoms with Crippen LogP contribution in [0.1, 0.15) is 18.5 Å². The van der Waals surface area contributed by atoms with Crippen LogP contribution in [0.3, 0.4) is 0 Å². The highest BCUT2D eigenvalue weighted by molar-refractivity contribution is 7.80. The van der Waals surface area contributed by atoms with E-state index in [1.807, 2.05) is 0 Å². The summed E-state index contributed by atoms with van der Waals surface area (Å²) < 4.78 is 37.4. The molecule has 1 aliphatic rings. The molecule has 1 atom stereocenters. The first-order valence-corrected chi connectivity index (χ1v) is 7.63. The number of esters is 1. The molecular formula is C16H18F2N2O3S. The summed E-state index contributed by atoms with van der Waals surface area (Å²) in [6.45, 7) is 2.00. The number of allylic oxidation sites excluding steroid dienone is 1. The second kappa shape index (κ2) is 7.67. The predicted octanol–water partition coefficient (Wildman–Crippen LogP) is 2.29. The summed E-state index contributed by atoms with van der Waals surface area (Å²) >= 11 is 5.21. The molecule has 1 aromatic rings. The smallest absolute Gasteiger partial charge is 0.338 e. The van der Waals surface area contributed by atoms with Crippen molar-refractivity contribution in [3.05, 3.63) is 46.7 Å². The van der Waals surface area contributed by atoms with Crippen LogP contribution in [0.15, 0.2) is 29.5 Å². The molecule has 5 nitrogen and oxygen atoms in total. The Kier molecular flexibility index (Phi) is 5.84. The molecule has 24 heavy (non-hydrogen) atoms. The summed E-state index contributed by atoms with van der Waals surface area (Å²) in [5.74, 6) is -2.08. The van der Waals surface area contributed by atoms with Crippen LogP contribution in [0.2, 0.25) is 0 Å². The third-order valence-electron chi connectivity index (χ3n) is 3.77. The molecule has 0 amide bonds. The molecule has 0 saturated carbocycles. The minimum absolute atomic E-state index is 0.0683. The maximum atomic E-state index is 14.2. The van der Waals surface area contributed by atoms with E-state index in [4.69, 9.17) is 21.7 Å². The van der Waals surface area contributed by atoms with Crippen molar-refractivity contribution in [3.8, 4) is 0 Å². The number of hydrogen-bond donors (Lipinski definition) is 1. The first-order valence-electron chi connectivity index (χ1n) is 7.22. The van der Waals surface area contributed by atoms with Crippen molar-refractivity contribution in [2.75, 3.05) is 27.4 Å².